The van der Waals surface area contributed by atoms with E-state index in [1.54, 1.807) is 6.07 Å². The van der Waals surface area contributed by atoms with Crippen molar-refractivity contribution in [3.63, 3.8) is 0 Å². The molecule has 1 aromatic heterocycles. The minimum Gasteiger partial charge on any atom is -0.384 e. The molecule has 0 spiro atoms. The van der Waals surface area contributed by atoms with Gasteiger partial charge in [0, 0.05) is 9.86 Å². The fraction of sp³-hybridized carbons (Fsp3) is 0. The fourth-order valence-corrected chi connectivity index (χ4v) is 2.14. The van der Waals surface area contributed by atoms with E-state index in [9.17, 15) is 0 Å². The van der Waals surface area contributed by atoms with Crippen LogP contribution >= 0.6 is 39.1 Å². The Bertz CT molecular complexity index is 514. The molecule has 0 saturated carbocycles. The van der Waals surface area contributed by atoms with Crippen molar-refractivity contribution in [2.24, 2.45) is 0 Å². The first kappa shape index (κ1) is 10.0. The van der Waals surface area contributed by atoms with E-state index >= 15 is 0 Å². The minimum absolute atomic E-state index is 0.420. The topological polar surface area (TPSA) is 38.9 Å². The van der Waals surface area contributed by atoms with Crippen LogP contribution in [0.3, 0.4) is 0 Å². The molecule has 2 N–H and O–H groups in total. The van der Waals surface area contributed by atoms with E-state index in [1.807, 2.05) is 12.1 Å². The Morgan fingerprint density at radius 3 is 2.64 bits per heavy atom. The molecule has 5 heteroatoms. The van der Waals surface area contributed by atoms with Gasteiger partial charge in [0.1, 0.15) is 5.82 Å². The van der Waals surface area contributed by atoms with Crippen LogP contribution in [0.2, 0.25) is 10.0 Å². The van der Waals surface area contributed by atoms with E-state index in [1.165, 1.54) is 0 Å². The van der Waals surface area contributed by atoms with Gasteiger partial charge in [0.2, 0.25) is 0 Å². The normalized spacial score (nSPS) is 10.8. The first-order valence-corrected chi connectivity index (χ1v) is 5.34. The standard InChI is InChI=1S/C9H5BrCl2N2/c10-5-3-4-1-2-6(13)14-9(4)8(12)7(5)11/h1-3H,(H2,13,14). The molecular formula is C9H5BrCl2N2. The van der Waals surface area contributed by atoms with Crippen LogP contribution in [-0.2, 0) is 0 Å². The summed E-state index contributed by atoms with van der Waals surface area (Å²) in [6.45, 7) is 0. The van der Waals surface area contributed by atoms with E-state index in [2.05, 4.69) is 20.9 Å². The molecule has 14 heavy (non-hydrogen) atoms. The highest BCUT2D eigenvalue weighted by molar-refractivity contribution is 9.10. The third kappa shape index (κ3) is 1.56. The Morgan fingerprint density at radius 1 is 1.21 bits per heavy atom. The molecule has 0 unspecified atom stereocenters. The maximum atomic E-state index is 6.02. The SMILES string of the molecule is Nc1ccc2cc(Br)c(Cl)c(Cl)c2n1. The molecule has 0 aliphatic rings. The summed E-state index contributed by atoms with van der Waals surface area (Å²) in [4.78, 5) is 4.12. The zero-order valence-electron chi connectivity index (χ0n) is 6.89. The highest BCUT2D eigenvalue weighted by Gasteiger charge is 2.09. The number of rotatable bonds is 0. The molecule has 0 bridgehead atoms. The number of pyridine rings is 1. The first-order valence-electron chi connectivity index (χ1n) is 3.79. The zero-order valence-corrected chi connectivity index (χ0v) is 9.99. The fourth-order valence-electron chi connectivity index (χ4n) is 1.19. The van der Waals surface area contributed by atoms with Crippen LogP contribution in [0.4, 0.5) is 5.82 Å². The van der Waals surface area contributed by atoms with Crippen LogP contribution in [0.1, 0.15) is 0 Å². The molecule has 0 saturated heterocycles. The van der Waals surface area contributed by atoms with E-state index in [-0.39, 0.29) is 0 Å². The van der Waals surface area contributed by atoms with E-state index in [0.29, 0.717) is 21.4 Å². The third-order valence-corrected chi connectivity index (χ3v) is 3.55. The van der Waals surface area contributed by atoms with Crippen molar-refractivity contribution in [1.29, 1.82) is 0 Å². The quantitative estimate of drug-likeness (QED) is 0.748. The van der Waals surface area contributed by atoms with E-state index < -0.39 is 0 Å². The number of hydrogen-bond acceptors (Lipinski definition) is 2. The van der Waals surface area contributed by atoms with Crippen LogP contribution in [0.15, 0.2) is 22.7 Å². The summed E-state index contributed by atoms with van der Waals surface area (Å²) in [6.07, 6.45) is 0. The van der Waals surface area contributed by atoms with Gasteiger partial charge < -0.3 is 5.73 Å². The van der Waals surface area contributed by atoms with Gasteiger partial charge in [-0.1, -0.05) is 23.2 Å². The Hall–Kier alpha value is -0.510. The summed E-state index contributed by atoms with van der Waals surface area (Å²) in [5, 5.41) is 1.78. The number of aromatic nitrogens is 1. The van der Waals surface area contributed by atoms with E-state index in [4.69, 9.17) is 28.9 Å². The average Bonchev–Trinajstić information content (AvgIpc) is 2.16. The predicted octanol–water partition coefficient (Wildman–Crippen LogP) is 3.89. The second-order valence-electron chi connectivity index (χ2n) is 2.79. The van der Waals surface area contributed by atoms with Crippen LogP contribution < -0.4 is 5.73 Å². The zero-order chi connectivity index (χ0) is 10.3. The minimum atomic E-state index is 0.420. The summed E-state index contributed by atoms with van der Waals surface area (Å²) >= 11 is 15.3. The monoisotopic (exact) mass is 290 g/mol. The van der Waals surface area contributed by atoms with Gasteiger partial charge >= 0.3 is 0 Å². The molecule has 0 fully saturated rings. The maximum absolute atomic E-state index is 6.02. The first-order chi connectivity index (χ1) is 6.59. The van der Waals surface area contributed by atoms with Crippen molar-refractivity contribution in [2.75, 3.05) is 5.73 Å². The Balaban J connectivity index is 2.92. The Morgan fingerprint density at radius 2 is 1.93 bits per heavy atom. The number of benzene rings is 1. The summed E-state index contributed by atoms with van der Waals surface area (Å²) in [5.74, 6) is 0.429. The lowest BCUT2D eigenvalue weighted by atomic mass is 10.2. The van der Waals surface area contributed by atoms with Gasteiger partial charge in [-0.25, -0.2) is 4.98 Å². The van der Waals surface area contributed by atoms with Crippen LogP contribution in [-0.4, -0.2) is 4.98 Å². The number of fused-ring (bicyclic) bond motifs is 1. The number of anilines is 1. The van der Waals surface area contributed by atoms with Gasteiger partial charge in [-0.15, -0.1) is 0 Å². The van der Waals surface area contributed by atoms with Crippen molar-refractivity contribution in [3.05, 3.63) is 32.7 Å². The van der Waals surface area contributed by atoms with Gasteiger partial charge in [0.25, 0.3) is 0 Å². The van der Waals surface area contributed by atoms with Crippen molar-refractivity contribution < 1.29 is 0 Å². The summed E-state index contributed by atoms with van der Waals surface area (Å²) in [6, 6.07) is 5.43. The van der Waals surface area contributed by atoms with Gasteiger partial charge in [-0.05, 0) is 34.1 Å². The molecule has 1 aromatic carbocycles. The summed E-state index contributed by atoms with van der Waals surface area (Å²) < 4.78 is 0.753. The molecule has 2 nitrogen and oxygen atoms in total. The van der Waals surface area contributed by atoms with Crippen LogP contribution in [0, 0.1) is 0 Å². The van der Waals surface area contributed by atoms with E-state index in [0.717, 1.165) is 9.86 Å². The molecule has 0 aliphatic heterocycles. The molecular weight excluding hydrogens is 287 g/mol. The van der Waals surface area contributed by atoms with Crippen molar-refractivity contribution in [2.45, 2.75) is 0 Å². The van der Waals surface area contributed by atoms with Gasteiger partial charge in [-0.2, -0.15) is 0 Å². The molecule has 0 atom stereocenters. The lowest BCUT2D eigenvalue weighted by molar-refractivity contribution is 1.41. The second kappa shape index (κ2) is 3.57. The molecule has 1 heterocycles. The van der Waals surface area contributed by atoms with Crippen LogP contribution in [0.5, 0.6) is 0 Å². The van der Waals surface area contributed by atoms with Gasteiger partial charge in [0.15, 0.2) is 0 Å². The molecule has 2 aromatic rings. The third-order valence-electron chi connectivity index (χ3n) is 1.84. The summed E-state index contributed by atoms with van der Waals surface area (Å²) in [7, 11) is 0. The largest absolute Gasteiger partial charge is 0.384 e. The second-order valence-corrected chi connectivity index (χ2v) is 4.40. The average molecular weight is 292 g/mol. The van der Waals surface area contributed by atoms with Crippen molar-refractivity contribution in [1.82, 2.24) is 4.98 Å². The van der Waals surface area contributed by atoms with Gasteiger partial charge in [-0.3, -0.25) is 0 Å². The van der Waals surface area contributed by atoms with Crippen LogP contribution in [0.25, 0.3) is 10.9 Å². The number of nitrogens with two attached hydrogens (primary N) is 1. The highest BCUT2D eigenvalue weighted by atomic mass is 79.9. The Kier molecular flexibility index (Phi) is 2.56. The lowest BCUT2D eigenvalue weighted by Gasteiger charge is -2.04. The number of nitrogen functional groups attached to an aromatic ring is 1. The number of nitrogens with zero attached hydrogens (tertiary/aromatic N) is 1. The predicted molar refractivity (Wildman–Crippen MR) is 63.9 cm³/mol. The maximum Gasteiger partial charge on any atom is 0.124 e. The van der Waals surface area contributed by atoms with Crippen molar-refractivity contribution in [3.8, 4) is 0 Å². The molecule has 0 amide bonds. The molecule has 2 rings (SSSR count). The molecule has 0 radical (unpaired) electrons. The van der Waals surface area contributed by atoms with Gasteiger partial charge in [0.05, 0.1) is 15.6 Å². The molecule has 72 valence electrons. The Labute approximate surface area is 99.1 Å². The molecule has 0 aliphatic carbocycles. The van der Waals surface area contributed by atoms with Crippen molar-refractivity contribution >= 4 is 55.9 Å². The lowest BCUT2D eigenvalue weighted by Crippen LogP contribution is -1.90. The number of halogens is 3. The summed E-state index contributed by atoms with van der Waals surface area (Å²) in [5.41, 5.74) is 6.18. The smallest absolute Gasteiger partial charge is 0.124 e. The number of hydrogen-bond donors (Lipinski definition) is 1. The highest BCUT2D eigenvalue weighted by Crippen LogP contribution is 2.36.